The van der Waals surface area contributed by atoms with Gasteiger partial charge in [-0.25, -0.2) is 0 Å². The number of nitrogens with one attached hydrogen (secondary N) is 1. The molecule has 2 nitrogen and oxygen atoms in total. The number of hydrogen-bond acceptors (Lipinski definition) is 2. The summed E-state index contributed by atoms with van der Waals surface area (Å²) >= 11 is 5.30. The van der Waals surface area contributed by atoms with Crippen molar-refractivity contribution >= 4 is 22.9 Å². The van der Waals surface area contributed by atoms with Crippen LogP contribution in [0.15, 0.2) is 35.3 Å². The van der Waals surface area contributed by atoms with Crippen LogP contribution in [0.2, 0.25) is 0 Å². The van der Waals surface area contributed by atoms with Crippen LogP contribution in [-0.4, -0.2) is 16.4 Å². The van der Waals surface area contributed by atoms with Gasteiger partial charge in [0.2, 0.25) is 0 Å². The molecule has 1 aliphatic heterocycles. The van der Waals surface area contributed by atoms with E-state index in [0.717, 1.165) is 22.7 Å². The van der Waals surface area contributed by atoms with Crippen molar-refractivity contribution in [2.45, 2.75) is 25.9 Å². The molecule has 1 aromatic carbocycles. The second-order valence-electron chi connectivity index (χ2n) is 3.91. The highest BCUT2D eigenvalue weighted by Gasteiger charge is 2.31. The van der Waals surface area contributed by atoms with Gasteiger partial charge in [0.15, 0.2) is 0 Å². The number of nitrogens with zero attached hydrogens (tertiary/aromatic N) is 1. The van der Waals surface area contributed by atoms with Gasteiger partial charge in [0, 0.05) is 5.56 Å². The lowest BCUT2D eigenvalue weighted by atomic mass is 10.1. The normalized spacial score (nSPS) is 24.9. The Hall–Kier alpha value is -1.22. The Morgan fingerprint density at radius 3 is 2.53 bits per heavy atom. The Balaban J connectivity index is 2.39. The van der Waals surface area contributed by atoms with Crippen molar-refractivity contribution in [3.05, 3.63) is 35.9 Å². The topological polar surface area (TPSA) is 24.4 Å². The van der Waals surface area contributed by atoms with E-state index in [0.29, 0.717) is 0 Å². The Kier molecular flexibility index (Phi) is 2.57. The number of benzene rings is 1. The lowest BCUT2D eigenvalue weighted by Crippen LogP contribution is -2.38. The summed E-state index contributed by atoms with van der Waals surface area (Å²) < 4.78 is 0. The highest BCUT2D eigenvalue weighted by Crippen LogP contribution is 2.20. The van der Waals surface area contributed by atoms with Crippen molar-refractivity contribution < 1.29 is 0 Å². The molecule has 2 rings (SSSR count). The average Bonchev–Trinajstić information content (AvgIpc) is 2.57. The fourth-order valence-electron chi connectivity index (χ4n) is 1.59. The molecular weight excluding hydrogens is 204 g/mol. The van der Waals surface area contributed by atoms with E-state index in [9.17, 15) is 0 Å². The van der Waals surface area contributed by atoms with E-state index >= 15 is 0 Å². The molecule has 0 aromatic heterocycles. The zero-order valence-corrected chi connectivity index (χ0v) is 9.77. The van der Waals surface area contributed by atoms with Crippen LogP contribution in [0.4, 0.5) is 0 Å². The molecule has 3 heteroatoms. The molecular formula is C12H14N2S. The van der Waals surface area contributed by atoms with Crippen LogP contribution in [-0.2, 0) is 0 Å². The van der Waals surface area contributed by atoms with Crippen LogP contribution in [0.3, 0.4) is 0 Å². The summed E-state index contributed by atoms with van der Waals surface area (Å²) in [5.74, 6) is 0. The van der Waals surface area contributed by atoms with Crippen molar-refractivity contribution in [3.8, 4) is 0 Å². The molecule has 0 fully saturated rings. The predicted molar refractivity (Wildman–Crippen MR) is 67.4 cm³/mol. The molecule has 1 aliphatic rings. The quantitative estimate of drug-likeness (QED) is 0.771. The fraction of sp³-hybridized carbons (Fsp3) is 0.333. The Labute approximate surface area is 95.4 Å². The monoisotopic (exact) mass is 218 g/mol. The molecule has 0 spiro atoms. The third-order valence-electron chi connectivity index (χ3n) is 2.69. The maximum atomic E-state index is 5.30. The molecule has 15 heavy (non-hydrogen) atoms. The number of rotatable bonds is 2. The third-order valence-corrected chi connectivity index (χ3v) is 2.99. The van der Waals surface area contributed by atoms with E-state index in [4.69, 9.17) is 12.2 Å². The Morgan fingerprint density at radius 2 is 2.00 bits per heavy atom. The van der Waals surface area contributed by atoms with Crippen LogP contribution in [0.1, 0.15) is 25.8 Å². The first-order valence-corrected chi connectivity index (χ1v) is 5.53. The minimum atomic E-state index is -0.220. The standard InChI is InChI=1S/C12H14N2S/c1-3-12(2)13-10(11(15)14-12)9-7-5-4-6-8-9/h4-8H,3H2,1-2H3,(H,14,15)/t12-/m0/s1. The van der Waals surface area contributed by atoms with E-state index in [1.807, 2.05) is 30.3 Å². The maximum Gasteiger partial charge on any atom is 0.127 e. The van der Waals surface area contributed by atoms with Crippen molar-refractivity contribution in [2.24, 2.45) is 4.99 Å². The lowest BCUT2D eigenvalue weighted by molar-refractivity contribution is 0.440. The first-order chi connectivity index (χ1) is 7.14. The summed E-state index contributed by atoms with van der Waals surface area (Å²) in [7, 11) is 0. The van der Waals surface area contributed by atoms with Crippen LogP contribution < -0.4 is 5.32 Å². The van der Waals surface area contributed by atoms with Gasteiger partial charge in [-0.15, -0.1) is 0 Å². The van der Waals surface area contributed by atoms with E-state index in [-0.39, 0.29) is 5.66 Å². The largest absolute Gasteiger partial charge is 0.351 e. The van der Waals surface area contributed by atoms with Gasteiger partial charge in [0.1, 0.15) is 16.4 Å². The average molecular weight is 218 g/mol. The highest BCUT2D eigenvalue weighted by atomic mass is 32.1. The zero-order chi connectivity index (χ0) is 10.9. The molecule has 1 atom stereocenters. The van der Waals surface area contributed by atoms with Gasteiger partial charge in [0.05, 0.1) is 0 Å². The molecule has 0 saturated heterocycles. The second kappa shape index (κ2) is 3.74. The minimum absolute atomic E-state index is 0.220. The summed E-state index contributed by atoms with van der Waals surface area (Å²) in [6, 6.07) is 10.1. The Morgan fingerprint density at radius 1 is 1.33 bits per heavy atom. The lowest BCUT2D eigenvalue weighted by Gasteiger charge is -2.18. The van der Waals surface area contributed by atoms with E-state index in [1.165, 1.54) is 0 Å². The fourth-order valence-corrected chi connectivity index (χ4v) is 1.97. The zero-order valence-electron chi connectivity index (χ0n) is 8.95. The molecule has 0 radical (unpaired) electrons. The Bertz CT molecular complexity index is 411. The number of hydrogen-bond donors (Lipinski definition) is 1. The van der Waals surface area contributed by atoms with Crippen molar-refractivity contribution in [2.75, 3.05) is 0 Å². The van der Waals surface area contributed by atoms with Crippen LogP contribution in [0, 0.1) is 0 Å². The summed E-state index contributed by atoms with van der Waals surface area (Å²) in [5.41, 5.74) is 1.78. The van der Waals surface area contributed by atoms with Gasteiger partial charge in [-0.1, -0.05) is 49.5 Å². The number of aliphatic imine (C=N–C) groups is 1. The molecule has 1 N–H and O–H groups in total. The van der Waals surface area contributed by atoms with Crippen LogP contribution >= 0.6 is 12.2 Å². The summed E-state index contributed by atoms with van der Waals surface area (Å²) in [6.45, 7) is 4.17. The predicted octanol–water partition coefficient (Wildman–Crippen LogP) is 2.53. The molecule has 0 bridgehead atoms. The van der Waals surface area contributed by atoms with Crippen molar-refractivity contribution in [1.29, 1.82) is 0 Å². The summed E-state index contributed by atoms with van der Waals surface area (Å²) in [4.78, 5) is 5.41. The first-order valence-electron chi connectivity index (χ1n) is 5.12. The highest BCUT2D eigenvalue weighted by molar-refractivity contribution is 7.82. The summed E-state index contributed by atoms with van der Waals surface area (Å²) in [6.07, 6.45) is 0.934. The SMILES string of the molecule is CC[C@@]1(C)N=C(c2ccccc2)C(=S)N1. The van der Waals surface area contributed by atoms with Gasteiger partial charge in [-0.3, -0.25) is 4.99 Å². The second-order valence-corrected chi connectivity index (χ2v) is 4.32. The third kappa shape index (κ3) is 1.92. The minimum Gasteiger partial charge on any atom is -0.351 e. The summed E-state index contributed by atoms with van der Waals surface area (Å²) in [5, 5.41) is 3.26. The molecule has 1 heterocycles. The first kappa shape index (κ1) is 10.3. The molecule has 0 unspecified atom stereocenters. The van der Waals surface area contributed by atoms with Gasteiger partial charge in [-0.2, -0.15) is 0 Å². The molecule has 1 aromatic rings. The van der Waals surface area contributed by atoms with Crippen molar-refractivity contribution in [1.82, 2.24) is 5.32 Å². The van der Waals surface area contributed by atoms with E-state index in [2.05, 4.69) is 24.2 Å². The molecule has 78 valence electrons. The van der Waals surface area contributed by atoms with Gasteiger partial charge >= 0.3 is 0 Å². The maximum absolute atomic E-state index is 5.30. The van der Waals surface area contributed by atoms with Gasteiger partial charge in [-0.05, 0) is 13.3 Å². The van der Waals surface area contributed by atoms with Crippen LogP contribution in [0.25, 0.3) is 0 Å². The van der Waals surface area contributed by atoms with Crippen LogP contribution in [0.5, 0.6) is 0 Å². The van der Waals surface area contributed by atoms with Gasteiger partial charge < -0.3 is 5.32 Å². The van der Waals surface area contributed by atoms with E-state index in [1.54, 1.807) is 0 Å². The van der Waals surface area contributed by atoms with Crippen molar-refractivity contribution in [3.63, 3.8) is 0 Å². The molecule has 0 aliphatic carbocycles. The molecule has 0 saturated carbocycles. The van der Waals surface area contributed by atoms with Gasteiger partial charge in [0.25, 0.3) is 0 Å². The molecule has 0 amide bonds. The number of thiocarbonyl (C=S) groups is 1. The van der Waals surface area contributed by atoms with E-state index < -0.39 is 0 Å². The smallest absolute Gasteiger partial charge is 0.127 e.